The average Bonchev–Trinajstić information content (AvgIpc) is 2.67. The fraction of sp³-hybridized carbons (Fsp3) is 0.333. The minimum Gasteiger partial charge on any atom is -0.264 e. The molecule has 0 amide bonds. The lowest BCUT2D eigenvalue weighted by atomic mass is 10.1. The summed E-state index contributed by atoms with van der Waals surface area (Å²) in [6, 6.07) is 9.34. The molecule has 1 aromatic rings. The number of hydrogen-bond acceptors (Lipinski definition) is 2. The SMILES string of the molecule is O=[N+]([O-])C1CCCC1=Cc1ccccc1. The van der Waals surface area contributed by atoms with Crippen LogP contribution in [0.25, 0.3) is 6.08 Å². The molecule has 0 heterocycles. The van der Waals surface area contributed by atoms with Gasteiger partial charge in [0.15, 0.2) is 0 Å². The molecule has 1 fully saturated rings. The Morgan fingerprint density at radius 2 is 2.07 bits per heavy atom. The molecule has 1 unspecified atom stereocenters. The van der Waals surface area contributed by atoms with Gasteiger partial charge in [-0.2, -0.15) is 0 Å². The van der Waals surface area contributed by atoms with Crippen molar-refractivity contribution >= 4 is 6.08 Å². The van der Waals surface area contributed by atoms with Crippen LogP contribution >= 0.6 is 0 Å². The fourth-order valence-corrected chi connectivity index (χ4v) is 2.02. The Hall–Kier alpha value is -1.64. The van der Waals surface area contributed by atoms with E-state index in [0.29, 0.717) is 6.42 Å². The molecule has 1 atom stereocenters. The monoisotopic (exact) mass is 203 g/mol. The predicted molar refractivity (Wildman–Crippen MR) is 59.1 cm³/mol. The van der Waals surface area contributed by atoms with Gasteiger partial charge in [0.05, 0.1) is 0 Å². The van der Waals surface area contributed by atoms with Gasteiger partial charge in [0, 0.05) is 16.9 Å². The Bertz CT molecular complexity index is 384. The summed E-state index contributed by atoms with van der Waals surface area (Å²) in [6.07, 6.45) is 4.44. The molecule has 1 saturated carbocycles. The standard InChI is InChI=1S/C12H13NO2/c14-13(15)12-8-4-7-11(12)9-10-5-2-1-3-6-10/h1-3,5-6,9,12H,4,7-8H2. The molecule has 1 aliphatic carbocycles. The maximum absolute atomic E-state index is 10.8. The first-order chi connectivity index (χ1) is 7.27. The second-order valence-electron chi connectivity index (χ2n) is 3.82. The van der Waals surface area contributed by atoms with E-state index in [4.69, 9.17) is 0 Å². The van der Waals surface area contributed by atoms with Crippen molar-refractivity contribution in [1.82, 2.24) is 0 Å². The molecule has 1 aromatic carbocycles. The molecule has 0 saturated heterocycles. The molecule has 3 nitrogen and oxygen atoms in total. The summed E-state index contributed by atoms with van der Waals surface area (Å²) in [5.74, 6) is 0. The van der Waals surface area contributed by atoms with Crippen LogP contribution in [0.2, 0.25) is 0 Å². The van der Waals surface area contributed by atoms with Gasteiger partial charge in [-0.15, -0.1) is 0 Å². The number of nitro groups is 1. The van der Waals surface area contributed by atoms with Crippen molar-refractivity contribution in [3.05, 3.63) is 51.6 Å². The van der Waals surface area contributed by atoms with Crippen molar-refractivity contribution < 1.29 is 4.92 Å². The minimum atomic E-state index is -0.454. The Balaban J connectivity index is 2.23. The lowest BCUT2D eigenvalue weighted by Gasteiger charge is -2.03. The van der Waals surface area contributed by atoms with Gasteiger partial charge in [-0.05, 0) is 24.5 Å². The molecule has 2 rings (SSSR count). The van der Waals surface area contributed by atoms with Crippen LogP contribution in [-0.4, -0.2) is 11.0 Å². The Kier molecular flexibility index (Phi) is 2.81. The van der Waals surface area contributed by atoms with Crippen LogP contribution in [0.3, 0.4) is 0 Å². The smallest absolute Gasteiger partial charge is 0.234 e. The third kappa shape index (κ3) is 2.24. The molecule has 3 heteroatoms. The second-order valence-corrected chi connectivity index (χ2v) is 3.82. The molecule has 0 aliphatic heterocycles. The van der Waals surface area contributed by atoms with Crippen molar-refractivity contribution in [2.75, 3.05) is 0 Å². The van der Waals surface area contributed by atoms with Crippen molar-refractivity contribution in [2.24, 2.45) is 0 Å². The van der Waals surface area contributed by atoms with Gasteiger partial charge in [0.1, 0.15) is 0 Å². The summed E-state index contributed by atoms with van der Waals surface area (Å²) < 4.78 is 0. The first kappa shape index (κ1) is 9.90. The molecule has 0 bridgehead atoms. The van der Waals surface area contributed by atoms with E-state index in [0.717, 1.165) is 24.0 Å². The number of benzene rings is 1. The highest BCUT2D eigenvalue weighted by atomic mass is 16.6. The van der Waals surface area contributed by atoms with Crippen LogP contribution in [0.4, 0.5) is 0 Å². The number of hydrogen-bond donors (Lipinski definition) is 0. The molecule has 0 radical (unpaired) electrons. The zero-order valence-electron chi connectivity index (χ0n) is 8.43. The van der Waals surface area contributed by atoms with E-state index in [9.17, 15) is 10.1 Å². The van der Waals surface area contributed by atoms with Crippen molar-refractivity contribution in [1.29, 1.82) is 0 Å². The van der Waals surface area contributed by atoms with Gasteiger partial charge in [-0.3, -0.25) is 10.1 Å². The highest BCUT2D eigenvalue weighted by molar-refractivity contribution is 5.54. The largest absolute Gasteiger partial charge is 0.264 e. The van der Waals surface area contributed by atoms with Gasteiger partial charge < -0.3 is 0 Å². The van der Waals surface area contributed by atoms with Gasteiger partial charge in [0.25, 0.3) is 0 Å². The molecule has 0 aromatic heterocycles. The van der Waals surface area contributed by atoms with Gasteiger partial charge in [-0.25, -0.2) is 0 Å². The maximum atomic E-state index is 10.8. The zero-order valence-corrected chi connectivity index (χ0v) is 8.43. The van der Waals surface area contributed by atoms with Crippen LogP contribution in [0.1, 0.15) is 24.8 Å². The lowest BCUT2D eigenvalue weighted by Crippen LogP contribution is -2.16. The van der Waals surface area contributed by atoms with E-state index in [1.807, 2.05) is 36.4 Å². The van der Waals surface area contributed by atoms with Gasteiger partial charge in [0.2, 0.25) is 6.04 Å². The maximum Gasteiger partial charge on any atom is 0.234 e. The van der Waals surface area contributed by atoms with Gasteiger partial charge >= 0.3 is 0 Å². The average molecular weight is 203 g/mol. The molecule has 1 aliphatic rings. The van der Waals surface area contributed by atoms with Crippen molar-refractivity contribution in [3.8, 4) is 0 Å². The van der Waals surface area contributed by atoms with Crippen LogP contribution in [0.15, 0.2) is 35.9 Å². The zero-order chi connectivity index (χ0) is 10.7. The third-order valence-corrected chi connectivity index (χ3v) is 2.78. The van der Waals surface area contributed by atoms with E-state index >= 15 is 0 Å². The number of nitrogens with zero attached hydrogens (tertiary/aromatic N) is 1. The Morgan fingerprint density at radius 3 is 2.73 bits per heavy atom. The molecule has 0 N–H and O–H groups in total. The van der Waals surface area contributed by atoms with Crippen LogP contribution in [0.5, 0.6) is 0 Å². The van der Waals surface area contributed by atoms with Crippen molar-refractivity contribution in [2.45, 2.75) is 25.3 Å². The molecule has 78 valence electrons. The first-order valence-electron chi connectivity index (χ1n) is 5.16. The number of rotatable bonds is 2. The predicted octanol–water partition coefficient (Wildman–Crippen LogP) is 2.90. The highest BCUT2D eigenvalue weighted by Gasteiger charge is 2.30. The van der Waals surface area contributed by atoms with E-state index in [-0.39, 0.29) is 4.92 Å². The highest BCUT2D eigenvalue weighted by Crippen LogP contribution is 2.28. The molecular weight excluding hydrogens is 190 g/mol. The van der Waals surface area contributed by atoms with Crippen molar-refractivity contribution in [3.63, 3.8) is 0 Å². The summed E-state index contributed by atoms with van der Waals surface area (Å²) in [5.41, 5.74) is 2.02. The van der Waals surface area contributed by atoms with E-state index in [2.05, 4.69) is 0 Å². The quantitative estimate of drug-likeness (QED) is 0.548. The molecule has 0 spiro atoms. The third-order valence-electron chi connectivity index (χ3n) is 2.78. The normalized spacial score (nSPS) is 23.2. The second kappa shape index (κ2) is 4.26. The summed E-state index contributed by atoms with van der Waals surface area (Å²) in [7, 11) is 0. The summed E-state index contributed by atoms with van der Waals surface area (Å²) in [5, 5.41) is 10.8. The minimum absolute atomic E-state index is 0.165. The fourth-order valence-electron chi connectivity index (χ4n) is 2.02. The van der Waals surface area contributed by atoms with Crippen LogP contribution in [0, 0.1) is 10.1 Å². The lowest BCUT2D eigenvalue weighted by molar-refractivity contribution is -0.510. The summed E-state index contributed by atoms with van der Waals surface area (Å²) in [6.45, 7) is 0. The van der Waals surface area contributed by atoms with Crippen LogP contribution < -0.4 is 0 Å². The van der Waals surface area contributed by atoms with E-state index in [1.54, 1.807) is 0 Å². The van der Waals surface area contributed by atoms with Gasteiger partial charge in [-0.1, -0.05) is 30.3 Å². The van der Waals surface area contributed by atoms with E-state index in [1.165, 1.54) is 0 Å². The summed E-state index contributed by atoms with van der Waals surface area (Å²) >= 11 is 0. The molecular formula is C12H13NO2. The Labute approximate surface area is 88.6 Å². The Morgan fingerprint density at radius 1 is 1.33 bits per heavy atom. The molecule has 15 heavy (non-hydrogen) atoms. The van der Waals surface area contributed by atoms with E-state index < -0.39 is 6.04 Å². The summed E-state index contributed by atoms with van der Waals surface area (Å²) in [4.78, 5) is 10.6. The topological polar surface area (TPSA) is 43.1 Å². The van der Waals surface area contributed by atoms with Crippen LogP contribution in [-0.2, 0) is 0 Å². The first-order valence-corrected chi connectivity index (χ1v) is 5.16.